The summed E-state index contributed by atoms with van der Waals surface area (Å²) in [4.78, 5) is 25.6. The van der Waals surface area contributed by atoms with Gasteiger partial charge in [0.1, 0.15) is 0 Å². The largest absolute Gasteiger partial charge is 0.350 e. The highest BCUT2D eigenvalue weighted by molar-refractivity contribution is 5.94. The maximum Gasteiger partial charge on any atom is 0.252 e. The van der Waals surface area contributed by atoms with E-state index in [0.29, 0.717) is 18.1 Å². The van der Waals surface area contributed by atoms with Crippen LogP contribution in [-0.4, -0.2) is 68.1 Å². The third-order valence-corrected chi connectivity index (χ3v) is 4.89. The molecule has 0 unspecified atom stereocenters. The van der Waals surface area contributed by atoms with Crippen molar-refractivity contribution in [2.24, 2.45) is 0 Å². The smallest absolute Gasteiger partial charge is 0.252 e. The van der Waals surface area contributed by atoms with Crippen molar-refractivity contribution < 1.29 is 4.79 Å². The number of piperazine rings is 1. The number of aromatic nitrogens is 5. The van der Waals surface area contributed by atoms with Gasteiger partial charge in [-0.15, -0.1) is 10.2 Å². The first-order valence-corrected chi connectivity index (χ1v) is 9.40. The molecular formula is C19H24N8O. The van der Waals surface area contributed by atoms with Gasteiger partial charge in [-0.2, -0.15) is 0 Å². The van der Waals surface area contributed by atoms with Crippen LogP contribution in [0.5, 0.6) is 0 Å². The minimum absolute atomic E-state index is 0.0102. The van der Waals surface area contributed by atoms with Gasteiger partial charge in [-0.25, -0.2) is 9.97 Å². The maximum absolute atomic E-state index is 12.4. The molecule has 1 N–H and O–H groups in total. The van der Waals surface area contributed by atoms with Gasteiger partial charge in [0.25, 0.3) is 5.91 Å². The second-order valence-electron chi connectivity index (χ2n) is 7.32. The van der Waals surface area contributed by atoms with Gasteiger partial charge < -0.3 is 10.2 Å². The lowest BCUT2D eigenvalue weighted by atomic mass is 10.1. The average molecular weight is 380 g/mol. The molecule has 1 atom stereocenters. The molecule has 4 heterocycles. The molecule has 0 bridgehead atoms. The van der Waals surface area contributed by atoms with Gasteiger partial charge in [-0.05, 0) is 39.1 Å². The highest BCUT2D eigenvalue weighted by Crippen LogP contribution is 2.25. The summed E-state index contributed by atoms with van der Waals surface area (Å²) < 4.78 is 1.91. The minimum atomic E-state index is -0.104. The minimum Gasteiger partial charge on any atom is -0.350 e. The lowest BCUT2D eigenvalue weighted by Crippen LogP contribution is -2.48. The standard InChI is InChI=1S/C19H24N8O/c1-13(2)22-18(28)14-5-6-16-23-24-17(27(16)11-14)15-12-26(10-9-25(15)3)19-20-7-4-8-21-19/h4-8,11,13,15H,9-10,12H2,1-3H3,(H,22,28)/t15-/m0/s1. The van der Waals surface area contributed by atoms with Gasteiger partial charge in [-0.1, -0.05) is 0 Å². The van der Waals surface area contributed by atoms with E-state index in [4.69, 9.17) is 0 Å². The second-order valence-corrected chi connectivity index (χ2v) is 7.32. The normalized spacial score (nSPS) is 18.0. The number of carbonyl (C=O) groups excluding carboxylic acids is 1. The molecule has 1 amide bonds. The van der Waals surface area contributed by atoms with Crippen LogP contribution in [0.2, 0.25) is 0 Å². The molecule has 28 heavy (non-hydrogen) atoms. The number of nitrogens with zero attached hydrogens (tertiary/aromatic N) is 7. The molecule has 1 saturated heterocycles. The van der Waals surface area contributed by atoms with Crippen molar-refractivity contribution in [1.82, 2.24) is 34.8 Å². The number of fused-ring (bicyclic) bond motifs is 1. The number of pyridine rings is 1. The molecule has 0 spiro atoms. The van der Waals surface area contributed by atoms with Crippen LogP contribution in [-0.2, 0) is 0 Å². The molecule has 3 aromatic rings. The Hall–Kier alpha value is -3.07. The van der Waals surface area contributed by atoms with E-state index in [9.17, 15) is 4.79 Å². The van der Waals surface area contributed by atoms with E-state index in [1.807, 2.05) is 36.6 Å². The van der Waals surface area contributed by atoms with E-state index < -0.39 is 0 Å². The zero-order chi connectivity index (χ0) is 19.7. The Kier molecular flexibility index (Phi) is 4.91. The van der Waals surface area contributed by atoms with Gasteiger partial charge in [-0.3, -0.25) is 14.1 Å². The molecule has 1 aliphatic rings. The zero-order valence-corrected chi connectivity index (χ0v) is 16.3. The van der Waals surface area contributed by atoms with Crippen LogP contribution >= 0.6 is 0 Å². The van der Waals surface area contributed by atoms with E-state index in [0.717, 1.165) is 24.6 Å². The first-order valence-electron chi connectivity index (χ1n) is 9.40. The number of rotatable bonds is 4. The molecule has 0 aliphatic carbocycles. The van der Waals surface area contributed by atoms with Crippen molar-refractivity contribution in [1.29, 1.82) is 0 Å². The van der Waals surface area contributed by atoms with E-state index in [1.165, 1.54) is 0 Å². The van der Waals surface area contributed by atoms with Crippen LogP contribution in [0.25, 0.3) is 5.65 Å². The predicted molar refractivity (Wildman–Crippen MR) is 105 cm³/mol. The van der Waals surface area contributed by atoms with Crippen molar-refractivity contribution in [3.8, 4) is 0 Å². The number of nitrogens with one attached hydrogen (secondary N) is 1. The molecule has 1 fully saturated rings. The average Bonchev–Trinajstić information content (AvgIpc) is 3.11. The topological polar surface area (TPSA) is 91.5 Å². The molecule has 146 valence electrons. The fourth-order valence-electron chi connectivity index (χ4n) is 3.40. The number of amides is 1. The van der Waals surface area contributed by atoms with Crippen LogP contribution in [0.3, 0.4) is 0 Å². The number of hydrogen-bond acceptors (Lipinski definition) is 7. The zero-order valence-electron chi connectivity index (χ0n) is 16.3. The quantitative estimate of drug-likeness (QED) is 0.726. The lowest BCUT2D eigenvalue weighted by Gasteiger charge is -2.38. The van der Waals surface area contributed by atoms with Crippen LogP contribution in [0, 0.1) is 0 Å². The van der Waals surface area contributed by atoms with Crippen molar-refractivity contribution in [2.45, 2.75) is 25.9 Å². The van der Waals surface area contributed by atoms with E-state index in [-0.39, 0.29) is 18.0 Å². The SMILES string of the molecule is CC(C)NC(=O)c1ccc2nnc([C@@H]3CN(c4ncccn4)CCN3C)n2c1. The Labute approximate surface area is 163 Å². The maximum atomic E-state index is 12.4. The molecule has 9 nitrogen and oxygen atoms in total. The van der Waals surface area contributed by atoms with Crippen molar-refractivity contribution >= 4 is 17.5 Å². The summed E-state index contributed by atoms with van der Waals surface area (Å²) in [5.41, 5.74) is 1.31. The van der Waals surface area contributed by atoms with Gasteiger partial charge in [0.2, 0.25) is 5.95 Å². The first-order chi connectivity index (χ1) is 13.5. The third kappa shape index (κ3) is 3.53. The molecule has 9 heteroatoms. The summed E-state index contributed by atoms with van der Waals surface area (Å²) in [6, 6.07) is 5.50. The predicted octanol–water partition coefficient (Wildman–Crippen LogP) is 1.15. The number of hydrogen-bond donors (Lipinski definition) is 1. The van der Waals surface area contributed by atoms with E-state index in [1.54, 1.807) is 18.5 Å². The Bertz CT molecular complexity index is 970. The Morgan fingerprint density at radius 3 is 2.71 bits per heavy atom. The van der Waals surface area contributed by atoms with Crippen LogP contribution in [0.15, 0.2) is 36.8 Å². The summed E-state index contributed by atoms with van der Waals surface area (Å²) in [6.07, 6.45) is 5.32. The monoisotopic (exact) mass is 380 g/mol. The fraction of sp³-hybridized carbons (Fsp3) is 0.421. The molecule has 4 rings (SSSR count). The van der Waals surface area contributed by atoms with Gasteiger partial charge in [0.05, 0.1) is 11.6 Å². The Balaban J connectivity index is 1.66. The number of anilines is 1. The van der Waals surface area contributed by atoms with E-state index in [2.05, 4.69) is 42.3 Å². The summed E-state index contributed by atoms with van der Waals surface area (Å²) in [5.74, 6) is 1.41. The van der Waals surface area contributed by atoms with Gasteiger partial charge in [0.15, 0.2) is 11.5 Å². The Morgan fingerprint density at radius 1 is 1.18 bits per heavy atom. The van der Waals surface area contributed by atoms with Crippen molar-refractivity contribution in [2.75, 3.05) is 31.6 Å². The lowest BCUT2D eigenvalue weighted by molar-refractivity contribution is 0.0942. The van der Waals surface area contributed by atoms with Crippen LogP contribution in [0.4, 0.5) is 5.95 Å². The molecular weight excluding hydrogens is 356 g/mol. The van der Waals surface area contributed by atoms with Gasteiger partial charge >= 0.3 is 0 Å². The number of likely N-dealkylation sites (N-methyl/N-ethyl adjacent to an activating group) is 1. The molecule has 0 radical (unpaired) electrons. The third-order valence-electron chi connectivity index (χ3n) is 4.89. The summed E-state index contributed by atoms with van der Waals surface area (Å²) in [7, 11) is 2.07. The highest BCUT2D eigenvalue weighted by atomic mass is 16.1. The summed E-state index contributed by atoms with van der Waals surface area (Å²) in [5, 5.41) is 11.6. The van der Waals surface area contributed by atoms with Crippen LogP contribution < -0.4 is 10.2 Å². The number of carbonyl (C=O) groups is 1. The summed E-state index contributed by atoms with van der Waals surface area (Å²) in [6.45, 7) is 6.28. The van der Waals surface area contributed by atoms with Gasteiger partial charge in [0, 0.05) is 44.3 Å². The molecule has 3 aromatic heterocycles. The fourth-order valence-corrected chi connectivity index (χ4v) is 3.40. The van der Waals surface area contributed by atoms with Crippen LogP contribution in [0.1, 0.15) is 36.1 Å². The molecule has 0 saturated carbocycles. The Morgan fingerprint density at radius 2 is 1.96 bits per heavy atom. The highest BCUT2D eigenvalue weighted by Gasteiger charge is 2.30. The first kappa shape index (κ1) is 18.3. The van der Waals surface area contributed by atoms with Crippen molar-refractivity contribution in [3.05, 3.63) is 48.2 Å². The second kappa shape index (κ2) is 7.51. The molecule has 1 aliphatic heterocycles. The summed E-state index contributed by atoms with van der Waals surface area (Å²) >= 11 is 0. The molecule has 0 aromatic carbocycles. The van der Waals surface area contributed by atoms with Crippen molar-refractivity contribution in [3.63, 3.8) is 0 Å². The van der Waals surface area contributed by atoms with E-state index >= 15 is 0 Å².